The maximum absolute atomic E-state index is 11.6. The van der Waals surface area contributed by atoms with Crippen LogP contribution >= 0.6 is 12.2 Å². The highest BCUT2D eigenvalue weighted by Gasteiger charge is 2.03. The Kier molecular flexibility index (Phi) is 4.10. The van der Waals surface area contributed by atoms with Gasteiger partial charge in [-0.05, 0) is 36.8 Å². The van der Waals surface area contributed by atoms with E-state index in [0.717, 1.165) is 23.9 Å². The number of carbonyl (C=O) groups is 1. The van der Waals surface area contributed by atoms with Gasteiger partial charge in [-0.15, -0.1) is 0 Å². The topological polar surface area (TPSA) is 35.1 Å². The summed E-state index contributed by atoms with van der Waals surface area (Å²) >= 11 is 5.13. The van der Waals surface area contributed by atoms with Crippen molar-refractivity contribution in [1.82, 2.24) is 4.57 Å². The summed E-state index contributed by atoms with van der Waals surface area (Å²) in [5.74, 6) is 0.115. The predicted octanol–water partition coefficient (Wildman–Crippen LogP) is 4.19. The molecule has 0 amide bonds. The van der Waals surface area contributed by atoms with Gasteiger partial charge in [-0.3, -0.25) is 9.36 Å². The fraction of sp³-hybridized carbons (Fsp3) is 0.286. The summed E-state index contributed by atoms with van der Waals surface area (Å²) in [5, 5.41) is 0. The van der Waals surface area contributed by atoms with Gasteiger partial charge in [0.1, 0.15) is 0 Å². The van der Waals surface area contributed by atoms with Crippen molar-refractivity contribution in [1.29, 1.82) is 0 Å². The Morgan fingerprint density at radius 2 is 2.22 bits per heavy atom. The standard InChI is InChI=1S/C14H15NO2S/c1-2-3-6-11(16)9-10-15-12-7-4-5-8-13(12)17-14(15)18/h4-5,7-10H,2-3,6H2,1H3/b10-9-. The molecule has 1 aromatic carbocycles. The van der Waals surface area contributed by atoms with Crippen LogP contribution in [0.5, 0.6) is 0 Å². The molecule has 0 aliphatic carbocycles. The van der Waals surface area contributed by atoms with Gasteiger partial charge in [0.15, 0.2) is 11.4 Å². The molecule has 0 saturated carbocycles. The fourth-order valence-electron chi connectivity index (χ4n) is 1.72. The van der Waals surface area contributed by atoms with Gasteiger partial charge in [-0.25, -0.2) is 0 Å². The maximum Gasteiger partial charge on any atom is 0.273 e. The number of fused-ring (bicyclic) bond motifs is 1. The van der Waals surface area contributed by atoms with Crippen molar-refractivity contribution >= 4 is 35.3 Å². The summed E-state index contributed by atoms with van der Waals surface area (Å²) in [6, 6.07) is 7.57. The maximum atomic E-state index is 11.6. The quantitative estimate of drug-likeness (QED) is 0.598. The average molecular weight is 261 g/mol. The average Bonchev–Trinajstić information content (AvgIpc) is 2.69. The second-order valence-electron chi connectivity index (χ2n) is 4.09. The number of nitrogens with zero attached hydrogens (tertiary/aromatic N) is 1. The molecule has 0 saturated heterocycles. The largest absolute Gasteiger partial charge is 0.429 e. The summed E-state index contributed by atoms with van der Waals surface area (Å²) in [4.78, 5) is 11.9. The molecule has 0 radical (unpaired) electrons. The van der Waals surface area contributed by atoms with Gasteiger partial charge < -0.3 is 4.42 Å². The van der Waals surface area contributed by atoms with Gasteiger partial charge in [-0.1, -0.05) is 25.5 Å². The van der Waals surface area contributed by atoms with Gasteiger partial charge in [0.2, 0.25) is 0 Å². The Balaban J connectivity index is 2.26. The molecule has 0 bridgehead atoms. The van der Waals surface area contributed by atoms with E-state index in [2.05, 4.69) is 6.92 Å². The Morgan fingerprint density at radius 3 is 3.00 bits per heavy atom. The molecule has 2 rings (SSSR count). The number of para-hydroxylation sites is 2. The zero-order chi connectivity index (χ0) is 13.0. The molecule has 2 aromatic rings. The van der Waals surface area contributed by atoms with E-state index in [-0.39, 0.29) is 5.78 Å². The van der Waals surface area contributed by atoms with E-state index >= 15 is 0 Å². The molecule has 0 aliphatic rings. The number of unbranched alkanes of at least 4 members (excludes halogenated alkanes) is 1. The third kappa shape index (κ3) is 2.76. The van der Waals surface area contributed by atoms with E-state index in [4.69, 9.17) is 16.6 Å². The lowest BCUT2D eigenvalue weighted by Crippen LogP contribution is -1.93. The second kappa shape index (κ2) is 5.78. The Hall–Kier alpha value is -1.68. The normalized spacial score (nSPS) is 11.4. The smallest absolute Gasteiger partial charge is 0.273 e. The predicted molar refractivity (Wildman–Crippen MR) is 74.9 cm³/mol. The summed E-state index contributed by atoms with van der Waals surface area (Å²) in [7, 11) is 0. The van der Waals surface area contributed by atoms with Crippen molar-refractivity contribution in [2.75, 3.05) is 0 Å². The zero-order valence-electron chi connectivity index (χ0n) is 10.3. The first-order chi connectivity index (χ1) is 8.72. The van der Waals surface area contributed by atoms with Crippen molar-refractivity contribution in [2.45, 2.75) is 26.2 Å². The number of allylic oxidation sites excluding steroid dienone is 1. The van der Waals surface area contributed by atoms with Crippen LogP contribution in [-0.2, 0) is 4.79 Å². The summed E-state index contributed by atoms with van der Waals surface area (Å²) in [6.45, 7) is 2.07. The summed E-state index contributed by atoms with van der Waals surface area (Å²) < 4.78 is 7.14. The number of hydrogen-bond acceptors (Lipinski definition) is 3. The van der Waals surface area contributed by atoms with Crippen molar-refractivity contribution < 1.29 is 9.21 Å². The molecule has 0 spiro atoms. The van der Waals surface area contributed by atoms with E-state index in [1.165, 1.54) is 0 Å². The number of rotatable bonds is 5. The molecule has 0 N–H and O–H groups in total. The molecule has 1 aromatic heterocycles. The summed E-state index contributed by atoms with van der Waals surface area (Å²) in [6.07, 6.45) is 5.77. The number of benzene rings is 1. The van der Waals surface area contributed by atoms with Crippen LogP contribution in [-0.4, -0.2) is 10.4 Å². The van der Waals surface area contributed by atoms with Gasteiger partial charge in [0, 0.05) is 12.6 Å². The molecule has 0 unspecified atom stereocenters. The van der Waals surface area contributed by atoms with Crippen LogP contribution in [0.3, 0.4) is 0 Å². The van der Waals surface area contributed by atoms with Gasteiger partial charge in [0.05, 0.1) is 5.52 Å². The van der Waals surface area contributed by atoms with Crippen LogP contribution in [0.25, 0.3) is 17.3 Å². The Morgan fingerprint density at radius 1 is 1.44 bits per heavy atom. The first kappa shape index (κ1) is 12.8. The number of aromatic nitrogens is 1. The van der Waals surface area contributed by atoms with E-state index in [1.807, 2.05) is 24.3 Å². The first-order valence-electron chi connectivity index (χ1n) is 6.03. The molecule has 1 heterocycles. The lowest BCUT2D eigenvalue weighted by Gasteiger charge is -1.95. The molecule has 94 valence electrons. The molecule has 3 nitrogen and oxygen atoms in total. The fourth-order valence-corrected chi connectivity index (χ4v) is 1.97. The van der Waals surface area contributed by atoms with E-state index in [1.54, 1.807) is 16.8 Å². The highest BCUT2D eigenvalue weighted by molar-refractivity contribution is 7.71. The van der Waals surface area contributed by atoms with E-state index < -0.39 is 0 Å². The zero-order valence-corrected chi connectivity index (χ0v) is 11.1. The molecular weight excluding hydrogens is 246 g/mol. The van der Waals surface area contributed by atoms with Crippen molar-refractivity contribution in [3.05, 3.63) is 35.2 Å². The van der Waals surface area contributed by atoms with Crippen LogP contribution < -0.4 is 0 Å². The Bertz CT molecular complexity index is 637. The second-order valence-corrected chi connectivity index (χ2v) is 4.44. The molecule has 18 heavy (non-hydrogen) atoms. The van der Waals surface area contributed by atoms with Crippen molar-refractivity contribution in [2.24, 2.45) is 0 Å². The van der Waals surface area contributed by atoms with Crippen LogP contribution in [0.2, 0.25) is 0 Å². The molecule has 0 fully saturated rings. The monoisotopic (exact) mass is 261 g/mol. The first-order valence-corrected chi connectivity index (χ1v) is 6.44. The van der Waals surface area contributed by atoms with Crippen LogP contribution in [0.1, 0.15) is 26.2 Å². The highest BCUT2D eigenvalue weighted by atomic mass is 32.1. The number of oxazole rings is 1. The molecule has 0 atom stereocenters. The third-order valence-electron chi connectivity index (χ3n) is 2.70. The lowest BCUT2D eigenvalue weighted by atomic mass is 10.2. The van der Waals surface area contributed by atoms with Crippen LogP contribution in [0.15, 0.2) is 34.8 Å². The number of carbonyl (C=O) groups excluding carboxylic acids is 1. The third-order valence-corrected chi connectivity index (χ3v) is 2.99. The number of ketones is 1. The molecule has 0 aliphatic heterocycles. The summed E-state index contributed by atoms with van der Waals surface area (Å²) in [5.41, 5.74) is 1.61. The SMILES string of the molecule is CCCCC(=O)/C=C\n1c(=S)oc2ccccc21. The van der Waals surface area contributed by atoms with Gasteiger partial charge >= 0.3 is 0 Å². The minimum atomic E-state index is 0.115. The molecular formula is C14H15NO2S. The van der Waals surface area contributed by atoms with Gasteiger partial charge in [-0.2, -0.15) is 0 Å². The highest BCUT2D eigenvalue weighted by Crippen LogP contribution is 2.17. The minimum Gasteiger partial charge on any atom is -0.429 e. The van der Waals surface area contributed by atoms with E-state index in [9.17, 15) is 4.79 Å². The lowest BCUT2D eigenvalue weighted by molar-refractivity contribution is -0.114. The van der Waals surface area contributed by atoms with E-state index in [0.29, 0.717) is 11.3 Å². The van der Waals surface area contributed by atoms with Gasteiger partial charge in [0.25, 0.3) is 4.84 Å². The van der Waals surface area contributed by atoms with Crippen molar-refractivity contribution in [3.63, 3.8) is 0 Å². The molecule has 4 heteroatoms. The van der Waals surface area contributed by atoms with Crippen LogP contribution in [0, 0.1) is 4.84 Å². The van der Waals surface area contributed by atoms with Crippen LogP contribution in [0.4, 0.5) is 0 Å². The minimum absolute atomic E-state index is 0.115. The number of hydrogen-bond donors (Lipinski definition) is 0. The Labute approximate surface area is 111 Å². The van der Waals surface area contributed by atoms with Crippen molar-refractivity contribution in [3.8, 4) is 0 Å².